The zero-order valence-corrected chi connectivity index (χ0v) is 20.5. The minimum Gasteiger partial charge on any atom is -0.487 e. The van der Waals surface area contributed by atoms with Crippen LogP contribution < -0.4 is 9.47 Å². The summed E-state index contributed by atoms with van der Waals surface area (Å²) in [5, 5.41) is 0. The van der Waals surface area contributed by atoms with Crippen LogP contribution in [0.25, 0.3) is 0 Å². The molecule has 0 amide bonds. The van der Waals surface area contributed by atoms with Gasteiger partial charge >= 0.3 is 10.1 Å². The van der Waals surface area contributed by atoms with Gasteiger partial charge in [0, 0.05) is 6.42 Å². The molecule has 2 rings (SSSR count). The van der Waals surface area contributed by atoms with Crippen molar-refractivity contribution in [2.24, 2.45) is 0 Å². The van der Waals surface area contributed by atoms with Gasteiger partial charge in [-0.05, 0) is 62.8 Å². The van der Waals surface area contributed by atoms with Crippen LogP contribution in [0.5, 0.6) is 11.5 Å². The van der Waals surface area contributed by atoms with Gasteiger partial charge in [-0.3, -0.25) is 4.55 Å². The van der Waals surface area contributed by atoms with E-state index in [1.807, 2.05) is 19.1 Å². The van der Waals surface area contributed by atoms with Crippen LogP contribution in [-0.2, 0) is 16.5 Å². The standard InChI is InChI=1S/C25H42O5S/c1-4-6-8-9-10-11-13-18-25(3)19-17-21-20-22(15-16-23(21)30-25)29-24(31(26,27)28)14-12-7-5-2/h15-16,20,24H,4-14,17-19H2,1-3H3,(H,26,27,28). The van der Waals surface area contributed by atoms with Gasteiger partial charge in [0.2, 0.25) is 5.44 Å². The first kappa shape index (κ1) is 26.0. The molecule has 2 unspecified atom stereocenters. The Balaban J connectivity index is 1.89. The van der Waals surface area contributed by atoms with Gasteiger partial charge in [0.15, 0.2) is 0 Å². The Labute approximate surface area is 189 Å². The van der Waals surface area contributed by atoms with Gasteiger partial charge < -0.3 is 9.47 Å². The molecule has 0 bridgehead atoms. The highest BCUT2D eigenvalue weighted by atomic mass is 32.2. The molecule has 178 valence electrons. The molecular formula is C25H42O5S. The van der Waals surface area contributed by atoms with E-state index in [1.165, 1.54) is 44.9 Å². The average Bonchev–Trinajstić information content (AvgIpc) is 2.72. The summed E-state index contributed by atoms with van der Waals surface area (Å²) in [6.07, 6.45) is 14.8. The second kappa shape index (κ2) is 12.7. The largest absolute Gasteiger partial charge is 0.487 e. The van der Waals surface area contributed by atoms with Crippen LogP contribution in [-0.4, -0.2) is 24.0 Å². The van der Waals surface area contributed by atoms with Crippen LogP contribution in [0, 0.1) is 0 Å². The minimum absolute atomic E-state index is 0.143. The van der Waals surface area contributed by atoms with Gasteiger partial charge in [0.25, 0.3) is 0 Å². The van der Waals surface area contributed by atoms with Crippen LogP contribution >= 0.6 is 0 Å². The summed E-state index contributed by atoms with van der Waals surface area (Å²) in [4.78, 5) is 0. The van der Waals surface area contributed by atoms with E-state index < -0.39 is 15.6 Å². The Kier molecular flexibility index (Phi) is 10.6. The van der Waals surface area contributed by atoms with Crippen molar-refractivity contribution < 1.29 is 22.4 Å². The number of benzene rings is 1. The molecule has 2 atom stereocenters. The van der Waals surface area contributed by atoms with Crippen molar-refractivity contribution in [2.75, 3.05) is 0 Å². The highest BCUT2D eigenvalue weighted by Crippen LogP contribution is 2.38. The predicted molar refractivity (Wildman–Crippen MR) is 127 cm³/mol. The third-order valence-electron chi connectivity index (χ3n) is 6.26. The molecule has 6 heteroatoms. The smallest absolute Gasteiger partial charge is 0.303 e. The Hall–Kier alpha value is -1.27. The van der Waals surface area contributed by atoms with E-state index >= 15 is 0 Å². The van der Waals surface area contributed by atoms with Gasteiger partial charge in [0.1, 0.15) is 17.1 Å². The maximum atomic E-state index is 11.7. The van der Waals surface area contributed by atoms with Crippen LogP contribution in [0.4, 0.5) is 0 Å². The lowest BCUT2D eigenvalue weighted by Gasteiger charge is -2.36. The topological polar surface area (TPSA) is 72.8 Å². The number of hydrogen-bond donors (Lipinski definition) is 1. The molecule has 0 spiro atoms. The van der Waals surface area contributed by atoms with E-state index in [0.29, 0.717) is 12.2 Å². The fourth-order valence-corrected chi connectivity index (χ4v) is 4.95. The first-order valence-corrected chi connectivity index (χ1v) is 13.7. The molecule has 1 heterocycles. The summed E-state index contributed by atoms with van der Waals surface area (Å²) < 4.78 is 45.0. The maximum absolute atomic E-state index is 11.7. The first-order chi connectivity index (χ1) is 14.8. The normalized spacial score (nSPS) is 19.5. The lowest BCUT2D eigenvalue weighted by atomic mass is 9.88. The number of aryl methyl sites for hydroxylation is 1. The third kappa shape index (κ3) is 9.01. The molecule has 5 nitrogen and oxygen atoms in total. The van der Waals surface area contributed by atoms with Crippen LogP contribution in [0.1, 0.15) is 110 Å². The van der Waals surface area contributed by atoms with Crippen molar-refractivity contribution in [1.82, 2.24) is 0 Å². The zero-order valence-electron chi connectivity index (χ0n) is 19.7. The molecule has 0 radical (unpaired) electrons. The van der Waals surface area contributed by atoms with Crippen molar-refractivity contribution in [3.8, 4) is 11.5 Å². The van der Waals surface area contributed by atoms with E-state index in [2.05, 4.69) is 13.8 Å². The van der Waals surface area contributed by atoms with Crippen LogP contribution in [0.2, 0.25) is 0 Å². The first-order valence-electron chi connectivity index (χ1n) is 12.2. The SMILES string of the molecule is CCCCCCCCCC1(C)CCc2cc(OC(CCCCC)S(=O)(=O)O)ccc2O1. The number of ether oxygens (including phenoxy) is 2. The van der Waals surface area contributed by atoms with Crippen molar-refractivity contribution in [2.45, 2.75) is 122 Å². The molecule has 1 aliphatic rings. The summed E-state index contributed by atoms with van der Waals surface area (Å²) in [5.74, 6) is 1.33. The molecular weight excluding hydrogens is 412 g/mol. The lowest BCUT2D eigenvalue weighted by Crippen LogP contribution is -2.36. The van der Waals surface area contributed by atoms with E-state index in [0.717, 1.165) is 43.4 Å². The number of rotatable bonds is 15. The molecule has 1 aliphatic heterocycles. The molecule has 0 aliphatic carbocycles. The molecule has 0 fully saturated rings. The molecule has 0 saturated heterocycles. The molecule has 0 aromatic heterocycles. The number of hydrogen-bond acceptors (Lipinski definition) is 4. The highest BCUT2D eigenvalue weighted by Gasteiger charge is 2.32. The zero-order chi connectivity index (χ0) is 22.7. The van der Waals surface area contributed by atoms with Crippen molar-refractivity contribution >= 4 is 10.1 Å². The van der Waals surface area contributed by atoms with Crippen LogP contribution in [0.3, 0.4) is 0 Å². The van der Waals surface area contributed by atoms with E-state index in [4.69, 9.17) is 9.47 Å². The second-order valence-corrected chi connectivity index (χ2v) is 10.8. The van der Waals surface area contributed by atoms with Crippen molar-refractivity contribution in [1.29, 1.82) is 0 Å². The number of unbranched alkanes of at least 4 members (excludes halogenated alkanes) is 8. The van der Waals surface area contributed by atoms with Gasteiger partial charge in [-0.1, -0.05) is 65.2 Å². The van der Waals surface area contributed by atoms with Gasteiger partial charge in [0.05, 0.1) is 0 Å². The maximum Gasteiger partial charge on any atom is 0.303 e. The Morgan fingerprint density at radius 1 is 1.03 bits per heavy atom. The quantitative estimate of drug-likeness (QED) is 0.226. The Bertz CT molecular complexity index is 761. The predicted octanol–water partition coefficient (Wildman–Crippen LogP) is 7.08. The Morgan fingerprint density at radius 2 is 1.68 bits per heavy atom. The lowest BCUT2D eigenvalue weighted by molar-refractivity contribution is 0.0532. The van der Waals surface area contributed by atoms with Crippen LogP contribution in [0.15, 0.2) is 18.2 Å². The fraction of sp³-hybridized carbons (Fsp3) is 0.760. The van der Waals surface area contributed by atoms with Gasteiger partial charge in [-0.25, -0.2) is 0 Å². The third-order valence-corrected chi connectivity index (χ3v) is 7.26. The molecule has 1 aromatic carbocycles. The van der Waals surface area contributed by atoms with E-state index in [-0.39, 0.29) is 12.0 Å². The molecule has 31 heavy (non-hydrogen) atoms. The van der Waals surface area contributed by atoms with Crippen molar-refractivity contribution in [3.05, 3.63) is 23.8 Å². The highest BCUT2D eigenvalue weighted by molar-refractivity contribution is 7.86. The second-order valence-electron chi connectivity index (χ2n) is 9.25. The van der Waals surface area contributed by atoms with Crippen molar-refractivity contribution in [3.63, 3.8) is 0 Å². The molecule has 1 N–H and O–H groups in total. The van der Waals surface area contributed by atoms with Gasteiger partial charge in [-0.15, -0.1) is 0 Å². The Morgan fingerprint density at radius 3 is 2.35 bits per heavy atom. The molecule has 0 saturated carbocycles. The monoisotopic (exact) mass is 454 g/mol. The minimum atomic E-state index is -4.26. The van der Waals surface area contributed by atoms with Gasteiger partial charge in [-0.2, -0.15) is 8.42 Å². The number of fused-ring (bicyclic) bond motifs is 1. The summed E-state index contributed by atoms with van der Waals surface area (Å²) in [6, 6.07) is 5.48. The molecule has 1 aromatic rings. The summed E-state index contributed by atoms with van der Waals surface area (Å²) >= 11 is 0. The van der Waals surface area contributed by atoms with E-state index in [1.54, 1.807) is 6.07 Å². The summed E-state index contributed by atoms with van der Waals surface area (Å²) in [7, 11) is -4.26. The fourth-order valence-electron chi connectivity index (χ4n) is 4.25. The summed E-state index contributed by atoms with van der Waals surface area (Å²) in [6.45, 7) is 6.49. The van der Waals surface area contributed by atoms with E-state index in [9.17, 15) is 13.0 Å². The average molecular weight is 455 g/mol. The summed E-state index contributed by atoms with van der Waals surface area (Å²) in [5.41, 5.74) is -0.322.